The van der Waals surface area contributed by atoms with Crippen molar-refractivity contribution in [1.82, 2.24) is 10.6 Å². The zero-order valence-corrected chi connectivity index (χ0v) is 20.6. The molecule has 2 amide bonds. The monoisotopic (exact) mass is 480 g/mol. The summed E-state index contributed by atoms with van der Waals surface area (Å²) in [5.41, 5.74) is 4.76. The molecule has 2 aromatic rings. The largest absolute Gasteiger partial charge is 0.481 e. The van der Waals surface area contributed by atoms with Gasteiger partial charge in [0.25, 0.3) is 0 Å². The second-order valence-electron chi connectivity index (χ2n) is 9.25. The third-order valence-corrected chi connectivity index (χ3v) is 6.72. The maximum absolute atomic E-state index is 12.4. The molecule has 1 aliphatic carbocycles. The maximum Gasteiger partial charge on any atom is 0.407 e. The van der Waals surface area contributed by atoms with Crippen molar-refractivity contribution in [1.29, 1.82) is 0 Å². The Kier molecular flexibility index (Phi) is 9.70. The van der Waals surface area contributed by atoms with Gasteiger partial charge in [-0.3, -0.25) is 9.59 Å². The van der Waals surface area contributed by atoms with Gasteiger partial charge in [-0.1, -0.05) is 61.9 Å². The van der Waals surface area contributed by atoms with Gasteiger partial charge >= 0.3 is 12.1 Å². The molecule has 0 spiro atoms. The number of hydrogen-bond donors (Lipinski definition) is 3. The third-order valence-electron chi connectivity index (χ3n) is 6.72. The highest BCUT2D eigenvalue weighted by atomic mass is 16.5. The summed E-state index contributed by atoms with van der Waals surface area (Å²) in [4.78, 5) is 35.1. The summed E-state index contributed by atoms with van der Waals surface area (Å²) in [5, 5.41) is 14.4. The molecule has 35 heavy (non-hydrogen) atoms. The van der Waals surface area contributed by atoms with E-state index in [2.05, 4.69) is 41.8 Å². The van der Waals surface area contributed by atoms with Crippen molar-refractivity contribution in [2.75, 3.05) is 13.2 Å². The van der Waals surface area contributed by atoms with Gasteiger partial charge < -0.3 is 20.5 Å². The number of rotatable bonds is 13. The van der Waals surface area contributed by atoms with Gasteiger partial charge in [-0.15, -0.1) is 0 Å². The normalized spacial score (nSPS) is 13.9. The minimum atomic E-state index is -0.860. The van der Waals surface area contributed by atoms with Crippen LogP contribution in [0.3, 0.4) is 0 Å². The Morgan fingerprint density at radius 3 is 2.17 bits per heavy atom. The fourth-order valence-corrected chi connectivity index (χ4v) is 4.67. The predicted molar refractivity (Wildman–Crippen MR) is 135 cm³/mol. The quantitative estimate of drug-likeness (QED) is 0.370. The molecule has 3 N–H and O–H groups in total. The Morgan fingerprint density at radius 2 is 1.57 bits per heavy atom. The van der Waals surface area contributed by atoms with Crippen LogP contribution in [0.25, 0.3) is 11.1 Å². The summed E-state index contributed by atoms with van der Waals surface area (Å²) in [6, 6.07) is 16.3. The number of carboxylic acids is 1. The highest BCUT2D eigenvalue weighted by molar-refractivity contribution is 5.79. The fourth-order valence-electron chi connectivity index (χ4n) is 4.67. The van der Waals surface area contributed by atoms with Crippen LogP contribution in [0.5, 0.6) is 0 Å². The van der Waals surface area contributed by atoms with Crippen LogP contribution < -0.4 is 10.6 Å². The first-order valence-electron chi connectivity index (χ1n) is 12.5. The molecule has 0 radical (unpaired) electrons. The number of fused-ring (bicyclic) bond motifs is 3. The van der Waals surface area contributed by atoms with Crippen molar-refractivity contribution in [2.24, 2.45) is 5.92 Å². The standard InChI is InChI=1S/C28H36N2O5/c1-3-20(13-14-26(31)30-19(2)12-15-27(32)33)16-17-29-28(34)35-18-25-23-10-6-4-8-21(23)22-9-5-7-11-24(22)25/h4-11,19-20,25H,3,12-18H2,1-2H3,(H,29,34)(H,30,31)(H,32,33). The van der Waals surface area contributed by atoms with Crippen LogP contribution >= 0.6 is 0 Å². The fraction of sp³-hybridized carbons (Fsp3) is 0.464. The van der Waals surface area contributed by atoms with E-state index in [4.69, 9.17) is 9.84 Å². The smallest absolute Gasteiger partial charge is 0.407 e. The number of benzene rings is 2. The molecule has 0 heterocycles. The molecule has 2 aromatic carbocycles. The third kappa shape index (κ3) is 7.57. The lowest BCUT2D eigenvalue weighted by Crippen LogP contribution is -2.33. The van der Waals surface area contributed by atoms with Gasteiger partial charge in [0.15, 0.2) is 0 Å². The van der Waals surface area contributed by atoms with Crippen LogP contribution in [0.15, 0.2) is 48.5 Å². The summed E-state index contributed by atoms with van der Waals surface area (Å²) in [6.07, 6.45) is 2.83. The summed E-state index contributed by atoms with van der Waals surface area (Å²) >= 11 is 0. The van der Waals surface area contributed by atoms with E-state index >= 15 is 0 Å². The first-order valence-corrected chi connectivity index (χ1v) is 12.5. The average Bonchev–Trinajstić information content (AvgIpc) is 3.17. The Bertz CT molecular complexity index is 976. The second kappa shape index (κ2) is 12.9. The van der Waals surface area contributed by atoms with E-state index in [1.165, 1.54) is 22.3 Å². The van der Waals surface area contributed by atoms with Crippen molar-refractivity contribution < 1.29 is 24.2 Å². The number of aliphatic carboxylic acids is 1. The van der Waals surface area contributed by atoms with Gasteiger partial charge in [-0.2, -0.15) is 0 Å². The van der Waals surface area contributed by atoms with E-state index in [-0.39, 0.29) is 30.9 Å². The van der Waals surface area contributed by atoms with Crippen molar-refractivity contribution >= 4 is 18.0 Å². The van der Waals surface area contributed by atoms with Gasteiger partial charge in [0, 0.05) is 31.3 Å². The Labute approximate surface area is 207 Å². The van der Waals surface area contributed by atoms with E-state index in [0.717, 1.165) is 19.3 Å². The van der Waals surface area contributed by atoms with Crippen LogP contribution in [-0.4, -0.2) is 42.3 Å². The predicted octanol–water partition coefficient (Wildman–Crippen LogP) is 5.09. The summed E-state index contributed by atoms with van der Waals surface area (Å²) in [6.45, 7) is 4.67. The zero-order valence-electron chi connectivity index (χ0n) is 20.6. The molecule has 3 rings (SSSR count). The van der Waals surface area contributed by atoms with Crippen LogP contribution in [0.4, 0.5) is 4.79 Å². The number of hydrogen-bond acceptors (Lipinski definition) is 4. The molecule has 7 nitrogen and oxygen atoms in total. The molecular formula is C28H36N2O5. The molecule has 0 saturated carbocycles. The number of carboxylic acid groups (broad SMARTS) is 1. The van der Waals surface area contributed by atoms with Crippen LogP contribution in [0.2, 0.25) is 0 Å². The molecule has 2 atom stereocenters. The SMILES string of the molecule is CCC(CCNC(=O)OCC1c2ccccc2-c2ccccc21)CCC(=O)NC(C)CCC(=O)O. The summed E-state index contributed by atoms with van der Waals surface area (Å²) < 4.78 is 5.58. The molecule has 7 heteroatoms. The average molecular weight is 481 g/mol. The summed E-state index contributed by atoms with van der Waals surface area (Å²) in [7, 11) is 0. The highest BCUT2D eigenvalue weighted by Gasteiger charge is 2.29. The van der Waals surface area contributed by atoms with Gasteiger partial charge in [0.1, 0.15) is 6.61 Å². The Hall–Kier alpha value is -3.35. The molecule has 0 bridgehead atoms. The lowest BCUT2D eigenvalue weighted by Gasteiger charge is -2.17. The Balaban J connectivity index is 1.38. The van der Waals surface area contributed by atoms with E-state index in [1.54, 1.807) is 0 Å². The lowest BCUT2D eigenvalue weighted by molar-refractivity contribution is -0.137. The van der Waals surface area contributed by atoms with Gasteiger partial charge in [-0.25, -0.2) is 4.79 Å². The van der Waals surface area contributed by atoms with Crippen molar-refractivity contribution in [3.63, 3.8) is 0 Å². The van der Waals surface area contributed by atoms with Gasteiger partial charge in [0.05, 0.1) is 0 Å². The molecule has 0 fully saturated rings. The topological polar surface area (TPSA) is 105 Å². The van der Waals surface area contributed by atoms with E-state index in [0.29, 0.717) is 25.3 Å². The van der Waals surface area contributed by atoms with E-state index in [1.807, 2.05) is 31.2 Å². The molecule has 1 aliphatic rings. The zero-order chi connectivity index (χ0) is 25.2. The summed E-state index contributed by atoms with van der Waals surface area (Å²) in [5.74, 6) is -0.580. The van der Waals surface area contributed by atoms with Crippen molar-refractivity contribution in [3.8, 4) is 11.1 Å². The molecule has 2 unspecified atom stereocenters. The molecular weight excluding hydrogens is 444 g/mol. The maximum atomic E-state index is 12.4. The van der Waals surface area contributed by atoms with Crippen molar-refractivity contribution in [3.05, 3.63) is 59.7 Å². The van der Waals surface area contributed by atoms with Crippen molar-refractivity contribution in [2.45, 2.75) is 64.3 Å². The van der Waals surface area contributed by atoms with Crippen LogP contribution in [-0.2, 0) is 14.3 Å². The lowest BCUT2D eigenvalue weighted by atomic mass is 9.96. The minimum Gasteiger partial charge on any atom is -0.481 e. The highest BCUT2D eigenvalue weighted by Crippen LogP contribution is 2.44. The van der Waals surface area contributed by atoms with E-state index < -0.39 is 12.1 Å². The van der Waals surface area contributed by atoms with Gasteiger partial charge in [0.2, 0.25) is 5.91 Å². The number of alkyl carbamates (subject to hydrolysis) is 1. The first-order chi connectivity index (χ1) is 16.9. The number of nitrogens with one attached hydrogen (secondary N) is 2. The number of carbonyl (C=O) groups is 3. The molecule has 0 aromatic heterocycles. The second-order valence-corrected chi connectivity index (χ2v) is 9.25. The number of amides is 2. The van der Waals surface area contributed by atoms with Crippen LogP contribution in [0, 0.1) is 5.92 Å². The molecule has 0 aliphatic heterocycles. The number of ether oxygens (including phenoxy) is 1. The molecule has 188 valence electrons. The van der Waals surface area contributed by atoms with Gasteiger partial charge in [-0.05, 0) is 54.4 Å². The Morgan fingerprint density at radius 1 is 0.943 bits per heavy atom. The van der Waals surface area contributed by atoms with E-state index in [9.17, 15) is 14.4 Å². The first kappa shape index (κ1) is 26.3. The molecule has 0 saturated heterocycles. The number of carbonyl (C=O) groups excluding carboxylic acids is 2. The van der Waals surface area contributed by atoms with Crippen LogP contribution in [0.1, 0.15) is 69.4 Å². The minimum absolute atomic E-state index is 0.0351.